The Morgan fingerprint density at radius 2 is 2.07 bits per heavy atom. The van der Waals surface area contributed by atoms with Crippen molar-refractivity contribution >= 4 is 5.82 Å². The SMILES string of the molecule is O[C@@H]1[C@H](O)[C@@H](Nc2cncc(C(F)(F)F)n2)CO[C@@H]1COc1cccnn1. The molecular weight excluding hydrogens is 371 g/mol. The van der Waals surface area contributed by atoms with Crippen LogP contribution < -0.4 is 10.1 Å². The summed E-state index contributed by atoms with van der Waals surface area (Å²) in [5.74, 6) is 0.0289. The molecule has 27 heavy (non-hydrogen) atoms. The van der Waals surface area contributed by atoms with Crippen molar-refractivity contribution in [2.24, 2.45) is 0 Å². The van der Waals surface area contributed by atoms with Crippen molar-refractivity contribution in [1.82, 2.24) is 20.2 Å². The molecule has 4 atom stereocenters. The monoisotopic (exact) mass is 387 g/mol. The Bertz CT molecular complexity index is 752. The first-order chi connectivity index (χ1) is 12.8. The number of aromatic nitrogens is 4. The molecule has 0 radical (unpaired) electrons. The van der Waals surface area contributed by atoms with Crippen LogP contribution in [0.4, 0.5) is 19.0 Å². The molecule has 1 aliphatic heterocycles. The summed E-state index contributed by atoms with van der Waals surface area (Å²) in [7, 11) is 0. The summed E-state index contributed by atoms with van der Waals surface area (Å²) in [5.41, 5.74) is -1.17. The molecule has 3 heterocycles. The van der Waals surface area contributed by atoms with Gasteiger partial charge in [0.25, 0.3) is 0 Å². The summed E-state index contributed by atoms with van der Waals surface area (Å²) in [6, 6.07) is 2.30. The summed E-state index contributed by atoms with van der Waals surface area (Å²) in [6.45, 7) is -0.183. The largest absolute Gasteiger partial charge is 0.474 e. The summed E-state index contributed by atoms with van der Waals surface area (Å²) in [6.07, 6.45) is -5.03. The minimum atomic E-state index is -4.64. The van der Waals surface area contributed by atoms with Gasteiger partial charge < -0.3 is 25.0 Å². The standard InChI is InChI=1S/C15H16F3N5O4/c16-15(17,18)10-4-19-5-11(22-10)21-8-6-26-9(14(25)13(8)24)7-27-12-2-1-3-20-23-12/h1-5,8-9,13-14,24-25H,6-7H2,(H,21,22)/t8-,9+,13+,14-/m0/s1. The van der Waals surface area contributed by atoms with Gasteiger partial charge in [-0.05, 0) is 6.07 Å². The molecule has 0 bridgehead atoms. The molecule has 2 aromatic heterocycles. The summed E-state index contributed by atoms with van der Waals surface area (Å²) < 4.78 is 48.9. The van der Waals surface area contributed by atoms with Crippen molar-refractivity contribution in [2.75, 3.05) is 18.5 Å². The fourth-order valence-electron chi connectivity index (χ4n) is 2.45. The molecule has 1 aliphatic rings. The quantitative estimate of drug-likeness (QED) is 0.663. The van der Waals surface area contributed by atoms with Crippen LogP contribution in [-0.2, 0) is 10.9 Å². The molecule has 0 amide bonds. The van der Waals surface area contributed by atoms with Gasteiger partial charge in [-0.1, -0.05) is 0 Å². The van der Waals surface area contributed by atoms with Crippen LogP contribution in [0.5, 0.6) is 5.88 Å². The lowest BCUT2D eigenvalue weighted by Crippen LogP contribution is -2.57. The van der Waals surface area contributed by atoms with Gasteiger partial charge >= 0.3 is 6.18 Å². The molecule has 3 N–H and O–H groups in total. The molecule has 1 fully saturated rings. The molecule has 2 aromatic rings. The number of halogens is 3. The summed E-state index contributed by atoms with van der Waals surface area (Å²) in [4.78, 5) is 6.88. The molecule has 9 nitrogen and oxygen atoms in total. The van der Waals surface area contributed by atoms with Crippen molar-refractivity contribution in [2.45, 2.75) is 30.5 Å². The number of rotatable bonds is 5. The number of aliphatic hydroxyl groups excluding tert-OH is 2. The molecule has 146 valence electrons. The second-order valence-corrected chi connectivity index (χ2v) is 5.76. The van der Waals surface area contributed by atoms with Crippen LogP contribution in [0.15, 0.2) is 30.7 Å². The lowest BCUT2D eigenvalue weighted by molar-refractivity contribution is -0.150. The number of nitrogens with zero attached hydrogens (tertiary/aromatic N) is 4. The second-order valence-electron chi connectivity index (χ2n) is 5.76. The Morgan fingerprint density at radius 3 is 2.78 bits per heavy atom. The molecule has 0 aliphatic carbocycles. The van der Waals surface area contributed by atoms with Crippen LogP contribution in [0.1, 0.15) is 5.69 Å². The van der Waals surface area contributed by atoms with E-state index in [1.54, 1.807) is 12.1 Å². The van der Waals surface area contributed by atoms with Gasteiger partial charge in [0.05, 0.1) is 25.0 Å². The van der Waals surface area contributed by atoms with Crippen LogP contribution in [0.2, 0.25) is 0 Å². The Hall–Kier alpha value is -2.57. The molecule has 0 spiro atoms. The Labute approximate surface area is 151 Å². The smallest absolute Gasteiger partial charge is 0.434 e. The van der Waals surface area contributed by atoms with Crippen LogP contribution >= 0.6 is 0 Å². The summed E-state index contributed by atoms with van der Waals surface area (Å²) >= 11 is 0. The van der Waals surface area contributed by atoms with Crippen molar-refractivity contribution in [1.29, 1.82) is 0 Å². The first kappa shape index (κ1) is 19.2. The second kappa shape index (κ2) is 7.98. The molecule has 0 aromatic carbocycles. The number of aliphatic hydroxyl groups is 2. The van der Waals surface area contributed by atoms with E-state index in [0.717, 1.165) is 6.20 Å². The lowest BCUT2D eigenvalue weighted by Gasteiger charge is -2.37. The fourth-order valence-corrected chi connectivity index (χ4v) is 2.45. The van der Waals surface area contributed by atoms with E-state index < -0.39 is 36.2 Å². The van der Waals surface area contributed by atoms with Crippen LogP contribution in [0.25, 0.3) is 0 Å². The average molecular weight is 387 g/mol. The third-order valence-corrected chi connectivity index (χ3v) is 3.83. The average Bonchev–Trinajstić information content (AvgIpc) is 2.65. The number of alkyl halides is 3. The minimum Gasteiger partial charge on any atom is -0.474 e. The van der Waals surface area contributed by atoms with Crippen LogP contribution in [0.3, 0.4) is 0 Å². The molecule has 1 saturated heterocycles. The Balaban J connectivity index is 1.59. The molecule has 3 rings (SSSR count). The van der Waals surface area contributed by atoms with Gasteiger partial charge in [0, 0.05) is 12.3 Å². The van der Waals surface area contributed by atoms with Gasteiger partial charge in [-0.2, -0.15) is 18.3 Å². The zero-order valence-electron chi connectivity index (χ0n) is 13.7. The maximum absolute atomic E-state index is 12.7. The third-order valence-electron chi connectivity index (χ3n) is 3.83. The number of hydrogen-bond donors (Lipinski definition) is 3. The van der Waals surface area contributed by atoms with Gasteiger partial charge in [-0.15, -0.1) is 5.10 Å². The predicted molar refractivity (Wildman–Crippen MR) is 83.7 cm³/mol. The molecule has 12 heteroatoms. The topological polar surface area (TPSA) is 123 Å². The highest BCUT2D eigenvalue weighted by atomic mass is 19.4. The van der Waals surface area contributed by atoms with Crippen molar-refractivity contribution in [3.63, 3.8) is 0 Å². The van der Waals surface area contributed by atoms with E-state index in [9.17, 15) is 23.4 Å². The van der Waals surface area contributed by atoms with Crippen molar-refractivity contribution < 1.29 is 32.9 Å². The van der Waals surface area contributed by atoms with Crippen LogP contribution in [-0.4, -0.2) is 67.9 Å². The normalized spacial score (nSPS) is 25.8. The summed E-state index contributed by atoms with van der Waals surface area (Å²) in [5, 5.41) is 30.4. The fraction of sp³-hybridized carbons (Fsp3) is 0.467. The van der Waals surface area contributed by atoms with Gasteiger partial charge in [-0.25, -0.2) is 4.98 Å². The highest BCUT2D eigenvalue weighted by molar-refractivity contribution is 5.34. The van der Waals surface area contributed by atoms with E-state index in [4.69, 9.17) is 9.47 Å². The van der Waals surface area contributed by atoms with Gasteiger partial charge in [0.1, 0.15) is 30.7 Å². The molecule has 0 saturated carbocycles. The van der Waals surface area contributed by atoms with Crippen molar-refractivity contribution in [3.05, 3.63) is 36.4 Å². The van der Waals surface area contributed by atoms with E-state index in [-0.39, 0.29) is 24.9 Å². The first-order valence-corrected chi connectivity index (χ1v) is 7.88. The first-order valence-electron chi connectivity index (χ1n) is 7.88. The van der Waals surface area contributed by atoms with E-state index in [2.05, 4.69) is 25.5 Å². The van der Waals surface area contributed by atoms with Crippen molar-refractivity contribution in [3.8, 4) is 5.88 Å². The third kappa shape index (κ3) is 4.78. The van der Waals surface area contributed by atoms with E-state index in [1.165, 1.54) is 6.20 Å². The highest BCUT2D eigenvalue weighted by Crippen LogP contribution is 2.28. The van der Waals surface area contributed by atoms with Gasteiger partial charge in [0.2, 0.25) is 5.88 Å². The van der Waals surface area contributed by atoms with Crippen LogP contribution in [0, 0.1) is 0 Å². The maximum atomic E-state index is 12.7. The maximum Gasteiger partial charge on any atom is 0.434 e. The number of hydrogen-bond acceptors (Lipinski definition) is 9. The highest BCUT2D eigenvalue weighted by Gasteiger charge is 2.39. The number of ether oxygens (including phenoxy) is 2. The molecule has 0 unspecified atom stereocenters. The zero-order chi connectivity index (χ0) is 19.4. The molecular formula is C15H16F3N5O4. The Kier molecular flexibility index (Phi) is 5.68. The van der Waals surface area contributed by atoms with E-state index in [0.29, 0.717) is 6.20 Å². The van der Waals surface area contributed by atoms with E-state index in [1.807, 2.05) is 0 Å². The number of nitrogens with one attached hydrogen (secondary N) is 1. The van der Waals surface area contributed by atoms with Gasteiger partial charge in [0.15, 0.2) is 5.69 Å². The Morgan fingerprint density at radius 1 is 1.26 bits per heavy atom. The lowest BCUT2D eigenvalue weighted by atomic mass is 9.98. The number of anilines is 1. The van der Waals surface area contributed by atoms with E-state index >= 15 is 0 Å². The predicted octanol–water partition coefficient (Wildman–Crippen LogP) is 0.265. The minimum absolute atomic E-state index is 0.0903. The van der Waals surface area contributed by atoms with Gasteiger partial charge in [-0.3, -0.25) is 4.98 Å². The zero-order valence-corrected chi connectivity index (χ0v) is 13.7.